The molecule has 0 bridgehead atoms. The van der Waals surface area contributed by atoms with Gasteiger partial charge in [0.05, 0.1) is 6.54 Å². The quantitative estimate of drug-likeness (QED) is 0.835. The van der Waals surface area contributed by atoms with Gasteiger partial charge in [0.1, 0.15) is 0 Å². The average Bonchev–Trinajstić information content (AvgIpc) is 2.70. The van der Waals surface area contributed by atoms with Gasteiger partial charge in [-0.05, 0) is 11.1 Å². The van der Waals surface area contributed by atoms with Crippen LogP contribution in [0.2, 0.25) is 0 Å². The van der Waals surface area contributed by atoms with Crippen molar-refractivity contribution in [2.75, 3.05) is 39.3 Å². The molecule has 0 aromatic heterocycles. The van der Waals surface area contributed by atoms with E-state index in [-0.39, 0.29) is 5.91 Å². The SMILES string of the molecule is O=C(CNCc1ccccc1)N1CCN(C/C=C/c2ccccc2)CC1. The van der Waals surface area contributed by atoms with Crippen LogP contribution in [0.4, 0.5) is 0 Å². The number of piperazine rings is 1. The number of hydrogen-bond donors (Lipinski definition) is 1. The standard InChI is InChI=1S/C22H27N3O/c26-22(19-23-18-21-10-5-2-6-11-21)25-16-14-24(15-17-25)13-7-12-20-8-3-1-4-9-20/h1-12,23H,13-19H2/b12-7+. The van der Waals surface area contributed by atoms with E-state index in [1.54, 1.807) is 0 Å². The van der Waals surface area contributed by atoms with E-state index in [4.69, 9.17) is 0 Å². The molecule has 1 aliphatic heterocycles. The molecule has 0 unspecified atom stereocenters. The maximum absolute atomic E-state index is 12.3. The van der Waals surface area contributed by atoms with Crippen molar-refractivity contribution in [3.63, 3.8) is 0 Å². The molecule has 4 heteroatoms. The van der Waals surface area contributed by atoms with Gasteiger partial charge >= 0.3 is 0 Å². The molecule has 26 heavy (non-hydrogen) atoms. The predicted octanol–water partition coefficient (Wildman–Crippen LogP) is 2.63. The third-order valence-electron chi connectivity index (χ3n) is 4.65. The fourth-order valence-corrected chi connectivity index (χ4v) is 3.10. The Morgan fingerprint density at radius 1 is 0.923 bits per heavy atom. The first-order chi connectivity index (χ1) is 12.8. The molecule has 0 aliphatic carbocycles. The summed E-state index contributed by atoms with van der Waals surface area (Å²) in [6, 6.07) is 20.5. The van der Waals surface area contributed by atoms with E-state index in [1.165, 1.54) is 11.1 Å². The summed E-state index contributed by atoms with van der Waals surface area (Å²) in [6.07, 6.45) is 4.36. The van der Waals surface area contributed by atoms with Crippen molar-refractivity contribution in [3.05, 3.63) is 77.9 Å². The fourth-order valence-electron chi connectivity index (χ4n) is 3.10. The number of nitrogens with one attached hydrogen (secondary N) is 1. The maximum Gasteiger partial charge on any atom is 0.236 e. The molecular formula is C22H27N3O. The van der Waals surface area contributed by atoms with Crippen LogP contribution >= 0.6 is 0 Å². The summed E-state index contributed by atoms with van der Waals surface area (Å²) in [7, 11) is 0. The fraction of sp³-hybridized carbons (Fsp3) is 0.318. The molecule has 4 nitrogen and oxygen atoms in total. The van der Waals surface area contributed by atoms with Crippen molar-refractivity contribution < 1.29 is 4.79 Å². The lowest BCUT2D eigenvalue weighted by atomic mass is 10.2. The Labute approximate surface area is 156 Å². The molecular weight excluding hydrogens is 322 g/mol. The zero-order valence-corrected chi connectivity index (χ0v) is 15.2. The summed E-state index contributed by atoms with van der Waals surface area (Å²) in [6.45, 7) is 5.56. The first-order valence-electron chi connectivity index (χ1n) is 9.27. The summed E-state index contributed by atoms with van der Waals surface area (Å²) in [5, 5.41) is 3.25. The van der Waals surface area contributed by atoms with Gasteiger partial charge in [-0.15, -0.1) is 0 Å². The zero-order chi connectivity index (χ0) is 18.0. The van der Waals surface area contributed by atoms with E-state index in [0.29, 0.717) is 6.54 Å². The summed E-state index contributed by atoms with van der Waals surface area (Å²) in [4.78, 5) is 16.7. The Balaban J connectivity index is 1.34. The average molecular weight is 349 g/mol. The van der Waals surface area contributed by atoms with Gasteiger partial charge in [-0.1, -0.05) is 72.8 Å². The number of carbonyl (C=O) groups is 1. The lowest BCUT2D eigenvalue weighted by molar-refractivity contribution is -0.131. The van der Waals surface area contributed by atoms with Crippen LogP contribution in [0.5, 0.6) is 0 Å². The molecule has 1 heterocycles. The molecule has 2 aromatic carbocycles. The smallest absolute Gasteiger partial charge is 0.236 e. The first kappa shape index (κ1) is 18.4. The minimum absolute atomic E-state index is 0.195. The van der Waals surface area contributed by atoms with Gasteiger partial charge in [0.15, 0.2) is 0 Å². The maximum atomic E-state index is 12.3. The molecule has 0 radical (unpaired) electrons. The largest absolute Gasteiger partial charge is 0.339 e. The van der Waals surface area contributed by atoms with Gasteiger partial charge in [0.25, 0.3) is 0 Å². The Kier molecular flexibility index (Phi) is 6.99. The van der Waals surface area contributed by atoms with E-state index < -0.39 is 0 Å². The van der Waals surface area contributed by atoms with Gasteiger partial charge < -0.3 is 10.2 Å². The minimum atomic E-state index is 0.195. The summed E-state index contributed by atoms with van der Waals surface area (Å²) in [5.74, 6) is 0.195. The Morgan fingerprint density at radius 3 is 2.27 bits per heavy atom. The predicted molar refractivity (Wildman–Crippen MR) is 107 cm³/mol. The van der Waals surface area contributed by atoms with Crippen molar-refractivity contribution in [1.82, 2.24) is 15.1 Å². The second kappa shape index (κ2) is 9.90. The molecule has 1 aliphatic rings. The van der Waals surface area contributed by atoms with E-state index in [2.05, 4.69) is 58.8 Å². The van der Waals surface area contributed by atoms with E-state index >= 15 is 0 Å². The number of nitrogens with zero attached hydrogens (tertiary/aromatic N) is 2. The van der Waals surface area contributed by atoms with Crippen LogP contribution in [0.25, 0.3) is 6.08 Å². The lowest BCUT2D eigenvalue weighted by Crippen LogP contribution is -2.50. The van der Waals surface area contributed by atoms with Crippen LogP contribution in [-0.4, -0.2) is 55.0 Å². The van der Waals surface area contributed by atoms with E-state index in [0.717, 1.165) is 39.3 Å². The van der Waals surface area contributed by atoms with E-state index in [9.17, 15) is 4.79 Å². The van der Waals surface area contributed by atoms with Crippen LogP contribution in [0, 0.1) is 0 Å². The third-order valence-corrected chi connectivity index (χ3v) is 4.65. The van der Waals surface area contributed by atoms with Crippen LogP contribution in [0.1, 0.15) is 11.1 Å². The minimum Gasteiger partial charge on any atom is -0.339 e. The second-order valence-corrected chi connectivity index (χ2v) is 6.58. The van der Waals surface area contributed by atoms with Gasteiger partial charge in [-0.3, -0.25) is 9.69 Å². The normalized spacial score (nSPS) is 15.5. The zero-order valence-electron chi connectivity index (χ0n) is 15.2. The Hall–Kier alpha value is -2.43. The molecule has 136 valence electrons. The Morgan fingerprint density at radius 2 is 1.58 bits per heavy atom. The highest BCUT2D eigenvalue weighted by Crippen LogP contribution is 2.05. The highest BCUT2D eigenvalue weighted by atomic mass is 16.2. The van der Waals surface area contributed by atoms with Gasteiger partial charge in [-0.25, -0.2) is 0 Å². The first-order valence-corrected chi connectivity index (χ1v) is 9.27. The number of carbonyl (C=O) groups excluding carboxylic acids is 1. The highest BCUT2D eigenvalue weighted by Gasteiger charge is 2.19. The number of benzene rings is 2. The monoisotopic (exact) mass is 349 g/mol. The number of hydrogen-bond acceptors (Lipinski definition) is 3. The van der Waals surface area contributed by atoms with Crippen molar-refractivity contribution >= 4 is 12.0 Å². The van der Waals surface area contributed by atoms with Crippen molar-refractivity contribution in [3.8, 4) is 0 Å². The lowest BCUT2D eigenvalue weighted by Gasteiger charge is -2.34. The van der Waals surface area contributed by atoms with Crippen LogP contribution < -0.4 is 5.32 Å². The van der Waals surface area contributed by atoms with Crippen LogP contribution in [-0.2, 0) is 11.3 Å². The molecule has 0 spiro atoms. The number of amides is 1. The third kappa shape index (κ3) is 5.83. The number of rotatable bonds is 7. The van der Waals surface area contributed by atoms with E-state index in [1.807, 2.05) is 29.2 Å². The second-order valence-electron chi connectivity index (χ2n) is 6.58. The van der Waals surface area contributed by atoms with Crippen LogP contribution in [0.3, 0.4) is 0 Å². The molecule has 1 amide bonds. The molecule has 0 atom stereocenters. The van der Waals surface area contributed by atoms with Crippen LogP contribution in [0.15, 0.2) is 66.7 Å². The van der Waals surface area contributed by atoms with Crippen molar-refractivity contribution in [1.29, 1.82) is 0 Å². The molecule has 2 aromatic rings. The molecule has 1 fully saturated rings. The summed E-state index contributed by atoms with van der Waals surface area (Å²) in [5.41, 5.74) is 2.43. The van der Waals surface area contributed by atoms with Gasteiger partial charge in [0, 0.05) is 39.3 Å². The van der Waals surface area contributed by atoms with Crippen molar-refractivity contribution in [2.24, 2.45) is 0 Å². The molecule has 3 rings (SSSR count). The van der Waals surface area contributed by atoms with Gasteiger partial charge in [0.2, 0.25) is 5.91 Å². The van der Waals surface area contributed by atoms with Crippen molar-refractivity contribution in [2.45, 2.75) is 6.54 Å². The topological polar surface area (TPSA) is 35.6 Å². The molecule has 0 saturated carbocycles. The van der Waals surface area contributed by atoms with Gasteiger partial charge in [-0.2, -0.15) is 0 Å². The Bertz CT molecular complexity index is 692. The highest BCUT2D eigenvalue weighted by molar-refractivity contribution is 5.78. The summed E-state index contributed by atoms with van der Waals surface area (Å²) >= 11 is 0. The molecule has 1 saturated heterocycles. The molecule has 1 N–H and O–H groups in total. The summed E-state index contributed by atoms with van der Waals surface area (Å²) < 4.78 is 0.